The summed E-state index contributed by atoms with van der Waals surface area (Å²) in [4.78, 5) is 4.03. The molecule has 2 unspecified atom stereocenters. The Kier molecular flexibility index (Phi) is 4.85. The Bertz CT molecular complexity index is 579. The molecule has 0 aliphatic carbocycles. The first-order chi connectivity index (χ1) is 9.44. The third-order valence-corrected chi connectivity index (χ3v) is 5.11. The zero-order chi connectivity index (χ0) is 14.8. The number of halogens is 1. The van der Waals surface area contributed by atoms with E-state index < -0.39 is 10.0 Å². The second kappa shape index (κ2) is 6.26. The van der Waals surface area contributed by atoms with Gasteiger partial charge in [-0.3, -0.25) is 0 Å². The number of sulfonamides is 1. The molecule has 0 aromatic carbocycles. The highest BCUT2D eigenvalue weighted by molar-refractivity contribution is 7.89. The first kappa shape index (κ1) is 15.5. The van der Waals surface area contributed by atoms with Crippen LogP contribution in [-0.4, -0.2) is 39.7 Å². The number of aromatic nitrogens is 1. The Morgan fingerprint density at radius 3 is 2.85 bits per heavy atom. The van der Waals surface area contributed by atoms with Gasteiger partial charge in [-0.1, -0.05) is 11.6 Å². The third-order valence-electron chi connectivity index (χ3n) is 3.43. The van der Waals surface area contributed by atoms with Crippen molar-refractivity contribution in [2.24, 2.45) is 5.92 Å². The Morgan fingerprint density at radius 1 is 1.55 bits per heavy atom. The van der Waals surface area contributed by atoms with E-state index in [4.69, 9.17) is 16.3 Å². The molecular weight excluding hydrogens is 302 g/mol. The topological polar surface area (TPSA) is 80.3 Å². The molecule has 2 N–H and O–H groups in total. The summed E-state index contributed by atoms with van der Waals surface area (Å²) in [5.74, 6) is 0.646. The standard InChI is InChI=1S/C12H18ClN3O3S/c1-8-9(3-4-19-8)6-16-20(17,18)10-5-11(13)12(14-2)15-7-10/h5,7-9,16H,3-4,6H2,1-2H3,(H,14,15). The van der Waals surface area contributed by atoms with Gasteiger partial charge in [-0.25, -0.2) is 18.1 Å². The quantitative estimate of drug-likeness (QED) is 0.859. The molecule has 0 spiro atoms. The van der Waals surface area contributed by atoms with Gasteiger partial charge in [-0.15, -0.1) is 0 Å². The zero-order valence-electron chi connectivity index (χ0n) is 11.4. The normalized spacial score (nSPS) is 22.9. The van der Waals surface area contributed by atoms with Gasteiger partial charge in [0.05, 0.1) is 11.1 Å². The van der Waals surface area contributed by atoms with Crippen LogP contribution in [-0.2, 0) is 14.8 Å². The van der Waals surface area contributed by atoms with Gasteiger partial charge in [-0.2, -0.15) is 0 Å². The summed E-state index contributed by atoms with van der Waals surface area (Å²) in [6.07, 6.45) is 2.22. The SMILES string of the molecule is CNc1ncc(S(=O)(=O)NCC2CCOC2C)cc1Cl. The summed E-state index contributed by atoms with van der Waals surface area (Å²) in [6, 6.07) is 1.39. The summed E-state index contributed by atoms with van der Waals surface area (Å²) in [5.41, 5.74) is 0. The first-order valence-corrected chi connectivity index (χ1v) is 8.24. The first-order valence-electron chi connectivity index (χ1n) is 6.38. The van der Waals surface area contributed by atoms with Gasteiger partial charge in [0.25, 0.3) is 0 Å². The van der Waals surface area contributed by atoms with Gasteiger partial charge in [0.1, 0.15) is 10.7 Å². The van der Waals surface area contributed by atoms with Gasteiger partial charge in [0.2, 0.25) is 10.0 Å². The smallest absolute Gasteiger partial charge is 0.242 e. The Hall–Kier alpha value is -0.890. The van der Waals surface area contributed by atoms with Gasteiger partial charge < -0.3 is 10.1 Å². The molecular formula is C12H18ClN3O3S. The Balaban J connectivity index is 2.08. The molecule has 1 saturated heterocycles. The fraction of sp³-hybridized carbons (Fsp3) is 0.583. The summed E-state index contributed by atoms with van der Waals surface area (Å²) in [5, 5.41) is 3.05. The minimum atomic E-state index is -3.60. The molecule has 1 aromatic rings. The number of nitrogens with zero attached hydrogens (tertiary/aromatic N) is 1. The maximum absolute atomic E-state index is 12.2. The maximum atomic E-state index is 12.2. The van der Waals surface area contributed by atoms with Crippen molar-refractivity contribution in [3.8, 4) is 0 Å². The van der Waals surface area contributed by atoms with E-state index in [0.29, 0.717) is 19.0 Å². The molecule has 2 heterocycles. The van der Waals surface area contributed by atoms with Crippen LogP contribution >= 0.6 is 11.6 Å². The molecule has 0 amide bonds. The van der Waals surface area contributed by atoms with Crippen LogP contribution in [0.3, 0.4) is 0 Å². The minimum Gasteiger partial charge on any atom is -0.378 e. The Morgan fingerprint density at radius 2 is 2.30 bits per heavy atom. The summed E-state index contributed by atoms with van der Waals surface area (Å²) in [7, 11) is -1.93. The molecule has 112 valence electrons. The van der Waals surface area contributed by atoms with Crippen LogP contribution in [0.15, 0.2) is 17.2 Å². The van der Waals surface area contributed by atoms with Crippen molar-refractivity contribution in [3.05, 3.63) is 17.3 Å². The highest BCUT2D eigenvalue weighted by Crippen LogP contribution is 2.23. The molecule has 0 saturated carbocycles. The lowest BCUT2D eigenvalue weighted by Crippen LogP contribution is -2.32. The second-order valence-corrected chi connectivity index (χ2v) is 6.90. The van der Waals surface area contributed by atoms with Gasteiger partial charge in [0.15, 0.2) is 0 Å². The fourth-order valence-electron chi connectivity index (χ4n) is 2.10. The Labute approximate surface area is 123 Å². The van der Waals surface area contributed by atoms with Crippen molar-refractivity contribution in [1.82, 2.24) is 9.71 Å². The van der Waals surface area contributed by atoms with Crippen LogP contribution in [0.4, 0.5) is 5.82 Å². The molecule has 2 rings (SSSR count). The maximum Gasteiger partial charge on any atom is 0.242 e. The number of hydrogen-bond donors (Lipinski definition) is 2. The number of pyridine rings is 1. The molecule has 8 heteroatoms. The number of rotatable bonds is 5. The number of ether oxygens (including phenoxy) is 1. The predicted molar refractivity (Wildman–Crippen MR) is 77.5 cm³/mol. The van der Waals surface area contributed by atoms with Crippen LogP contribution in [0, 0.1) is 5.92 Å². The molecule has 6 nitrogen and oxygen atoms in total. The van der Waals surface area contributed by atoms with Crippen LogP contribution < -0.4 is 10.0 Å². The van der Waals surface area contributed by atoms with Crippen molar-refractivity contribution >= 4 is 27.4 Å². The van der Waals surface area contributed by atoms with Crippen molar-refractivity contribution < 1.29 is 13.2 Å². The molecule has 1 fully saturated rings. The zero-order valence-corrected chi connectivity index (χ0v) is 13.0. The van der Waals surface area contributed by atoms with Crippen molar-refractivity contribution in [2.45, 2.75) is 24.3 Å². The number of anilines is 1. The average Bonchev–Trinajstić information content (AvgIpc) is 2.82. The van der Waals surface area contributed by atoms with Crippen LogP contribution in [0.1, 0.15) is 13.3 Å². The lowest BCUT2D eigenvalue weighted by molar-refractivity contribution is 0.107. The summed E-state index contributed by atoms with van der Waals surface area (Å²) >= 11 is 5.95. The summed E-state index contributed by atoms with van der Waals surface area (Å²) < 4.78 is 32.3. The van der Waals surface area contributed by atoms with E-state index in [1.807, 2.05) is 6.92 Å². The van der Waals surface area contributed by atoms with Crippen LogP contribution in [0.2, 0.25) is 5.02 Å². The monoisotopic (exact) mass is 319 g/mol. The number of nitrogens with one attached hydrogen (secondary N) is 2. The molecule has 0 radical (unpaired) electrons. The highest BCUT2D eigenvalue weighted by Gasteiger charge is 2.26. The third kappa shape index (κ3) is 3.41. The van der Waals surface area contributed by atoms with Crippen molar-refractivity contribution in [2.75, 3.05) is 25.5 Å². The predicted octanol–water partition coefficient (Wildman–Crippen LogP) is 1.48. The van der Waals surface area contributed by atoms with Gasteiger partial charge in [0, 0.05) is 32.3 Å². The van der Waals surface area contributed by atoms with Crippen LogP contribution in [0.25, 0.3) is 0 Å². The van der Waals surface area contributed by atoms with Crippen LogP contribution in [0.5, 0.6) is 0 Å². The average molecular weight is 320 g/mol. The molecule has 1 aliphatic rings. The minimum absolute atomic E-state index is 0.0630. The molecule has 1 aliphatic heterocycles. The number of hydrogen-bond acceptors (Lipinski definition) is 5. The van der Waals surface area contributed by atoms with Crippen molar-refractivity contribution in [3.63, 3.8) is 0 Å². The van der Waals surface area contributed by atoms with E-state index in [0.717, 1.165) is 6.42 Å². The van der Waals surface area contributed by atoms with Crippen molar-refractivity contribution in [1.29, 1.82) is 0 Å². The molecule has 2 atom stereocenters. The van der Waals surface area contributed by atoms with E-state index in [1.54, 1.807) is 7.05 Å². The highest BCUT2D eigenvalue weighted by atomic mass is 35.5. The van der Waals surface area contributed by atoms with E-state index in [2.05, 4.69) is 15.0 Å². The second-order valence-electron chi connectivity index (χ2n) is 4.73. The lowest BCUT2D eigenvalue weighted by Gasteiger charge is -2.15. The summed E-state index contributed by atoms with van der Waals surface area (Å²) in [6.45, 7) is 2.98. The van der Waals surface area contributed by atoms with Gasteiger partial charge in [-0.05, 0) is 19.4 Å². The van der Waals surface area contributed by atoms with E-state index in [1.165, 1.54) is 12.3 Å². The van der Waals surface area contributed by atoms with E-state index >= 15 is 0 Å². The molecule has 0 bridgehead atoms. The lowest BCUT2D eigenvalue weighted by atomic mass is 10.0. The fourth-order valence-corrected chi connectivity index (χ4v) is 3.49. The molecule has 1 aromatic heterocycles. The van der Waals surface area contributed by atoms with E-state index in [9.17, 15) is 8.42 Å². The van der Waals surface area contributed by atoms with Gasteiger partial charge >= 0.3 is 0 Å². The molecule has 20 heavy (non-hydrogen) atoms. The van der Waals surface area contributed by atoms with E-state index in [-0.39, 0.29) is 21.9 Å². The largest absolute Gasteiger partial charge is 0.378 e.